The third-order valence-electron chi connectivity index (χ3n) is 3.50. The third-order valence-corrected chi connectivity index (χ3v) is 3.50. The second kappa shape index (κ2) is 5.29. The number of amides is 2. The van der Waals surface area contributed by atoms with Gasteiger partial charge in [-0.2, -0.15) is 0 Å². The highest BCUT2D eigenvalue weighted by Crippen LogP contribution is 2.30. The van der Waals surface area contributed by atoms with E-state index in [1.54, 1.807) is 0 Å². The van der Waals surface area contributed by atoms with Crippen LogP contribution in [0.3, 0.4) is 0 Å². The van der Waals surface area contributed by atoms with Crippen molar-refractivity contribution < 1.29 is 9.59 Å². The highest BCUT2D eigenvalue weighted by molar-refractivity contribution is 6.03. The number of hydrogen-bond acceptors (Lipinski definition) is 2. The number of nitrogens with one attached hydrogen (secondary N) is 1. The van der Waals surface area contributed by atoms with Crippen LogP contribution >= 0.6 is 0 Å². The summed E-state index contributed by atoms with van der Waals surface area (Å²) in [7, 11) is 0. The van der Waals surface area contributed by atoms with Gasteiger partial charge in [0.2, 0.25) is 11.8 Å². The number of carbonyl (C=O) groups excluding carboxylic acids is 2. The van der Waals surface area contributed by atoms with Gasteiger partial charge in [0.1, 0.15) is 0 Å². The van der Waals surface area contributed by atoms with Gasteiger partial charge >= 0.3 is 0 Å². The van der Waals surface area contributed by atoms with Crippen molar-refractivity contribution in [2.24, 2.45) is 17.8 Å². The Morgan fingerprint density at radius 2 is 2.00 bits per heavy atom. The molecule has 86 valence electrons. The van der Waals surface area contributed by atoms with Crippen LogP contribution in [0.4, 0.5) is 0 Å². The van der Waals surface area contributed by atoms with E-state index in [-0.39, 0.29) is 17.7 Å². The fourth-order valence-electron chi connectivity index (χ4n) is 2.25. The molecule has 15 heavy (non-hydrogen) atoms. The normalized spacial score (nSPS) is 25.1. The molecule has 0 aromatic rings. The molecule has 1 aliphatic rings. The number of imide groups is 1. The van der Waals surface area contributed by atoms with Gasteiger partial charge in [-0.1, -0.05) is 33.6 Å². The Kier molecular flexibility index (Phi) is 4.30. The molecule has 3 heteroatoms. The number of carbonyl (C=O) groups is 2. The molecule has 3 atom stereocenters. The topological polar surface area (TPSA) is 46.2 Å². The van der Waals surface area contributed by atoms with Crippen LogP contribution in [0.15, 0.2) is 0 Å². The molecule has 3 nitrogen and oxygen atoms in total. The molecule has 0 bridgehead atoms. The van der Waals surface area contributed by atoms with Crippen LogP contribution in [-0.2, 0) is 9.59 Å². The van der Waals surface area contributed by atoms with E-state index in [1.165, 1.54) is 0 Å². The molecule has 0 aliphatic carbocycles. The molecule has 1 heterocycles. The molecule has 3 unspecified atom stereocenters. The first-order valence-electron chi connectivity index (χ1n) is 5.92. The van der Waals surface area contributed by atoms with E-state index in [1.807, 2.05) is 0 Å². The van der Waals surface area contributed by atoms with Gasteiger partial charge in [-0.25, -0.2) is 0 Å². The molecular formula is C12H21NO2. The molecule has 0 aromatic carbocycles. The minimum atomic E-state index is -0.104. The monoisotopic (exact) mass is 211 g/mol. The van der Waals surface area contributed by atoms with Crippen molar-refractivity contribution in [2.75, 3.05) is 0 Å². The molecule has 1 rings (SSSR count). The molecular weight excluding hydrogens is 190 g/mol. The lowest BCUT2D eigenvalue weighted by Crippen LogP contribution is -2.26. The van der Waals surface area contributed by atoms with Crippen LogP contribution in [0, 0.1) is 17.8 Å². The van der Waals surface area contributed by atoms with Crippen molar-refractivity contribution in [1.82, 2.24) is 5.32 Å². The predicted octanol–water partition coefficient (Wildman–Crippen LogP) is 2.11. The van der Waals surface area contributed by atoms with Gasteiger partial charge in [-0.15, -0.1) is 0 Å². The third kappa shape index (κ3) is 3.05. The maximum absolute atomic E-state index is 11.5. The van der Waals surface area contributed by atoms with E-state index in [0.717, 1.165) is 19.3 Å². The van der Waals surface area contributed by atoms with E-state index < -0.39 is 0 Å². The highest BCUT2D eigenvalue weighted by Gasteiger charge is 2.36. The second-order valence-corrected chi connectivity index (χ2v) is 4.64. The van der Waals surface area contributed by atoms with Gasteiger partial charge in [0.15, 0.2) is 0 Å². The smallest absolute Gasteiger partial charge is 0.230 e. The Bertz CT molecular complexity index is 250. The summed E-state index contributed by atoms with van der Waals surface area (Å²) >= 11 is 0. The van der Waals surface area contributed by atoms with Crippen LogP contribution in [-0.4, -0.2) is 11.8 Å². The first-order valence-corrected chi connectivity index (χ1v) is 5.92. The molecule has 0 saturated carbocycles. The standard InChI is InChI=1S/C12H21NO2/c1-4-8(3)6-9(5-2)10-7-11(14)13-12(10)15/h8-10H,4-7H2,1-3H3,(H,13,14,15). The molecule has 2 amide bonds. The van der Waals surface area contributed by atoms with E-state index in [4.69, 9.17) is 0 Å². The largest absolute Gasteiger partial charge is 0.296 e. The summed E-state index contributed by atoms with van der Waals surface area (Å²) in [6.45, 7) is 6.47. The summed E-state index contributed by atoms with van der Waals surface area (Å²) in [4.78, 5) is 22.6. The fourth-order valence-corrected chi connectivity index (χ4v) is 2.25. The summed E-state index contributed by atoms with van der Waals surface area (Å²) in [6, 6.07) is 0. The Morgan fingerprint density at radius 1 is 1.33 bits per heavy atom. The zero-order valence-electron chi connectivity index (χ0n) is 9.88. The molecule has 1 saturated heterocycles. The summed E-state index contributed by atoms with van der Waals surface area (Å²) in [5, 5.41) is 2.40. The van der Waals surface area contributed by atoms with Gasteiger partial charge in [0.25, 0.3) is 0 Å². The van der Waals surface area contributed by atoms with Gasteiger partial charge in [-0.05, 0) is 18.3 Å². The first kappa shape index (κ1) is 12.2. The van der Waals surface area contributed by atoms with Crippen molar-refractivity contribution in [3.05, 3.63) is 0 Å². The maximum atomic E-state index is 11.5. The minimum absolute atomic E-state index is 0.0600. The molecule has 0 spiro atoms. The molecule has 0 aromatic heterocycles. The SMILES string of the molecule is CCC(C)CC(CC)C1CC(=O)NC1=O. The van der Waals surface area contributed by atoms with Gasteiger partial charge < -0.3 is 0 Å². The van der Waals surface area contributed by atoms with Crippen LogP contribution in [0.5, 0.6) is 0 Å². The summed E-state index contributed by atoms with van der Waals surface area (Å²) in [5.41, 5.74) is 0. The van der Waals surface area contributed by atoms with E-state index >= 15 is 0 Å². The van der Waals surface area contributed by atoms with Crippen molar-refractivity contribution >= 4 is 11.8 Å². The van der Waals surface area contributed by atoms with Crippen molar-refractivity contribution in [3.63, 3.8) is 0 Å². The second-order valence-electron chi connectivity index (χ2n) is 4.64. The lowest BCUT2D eigenvalue weighted by Gasteiger charge is -2.22. The zero-order valence-corrected chi connectivity index (χ0v) is 9.88. The number of hydrogen-bond donors (Lipinski definition) is 1. The van der Waals surface area contributed by atoms with Crippen LogP contribution in [0.1, 0.15) is 46.5 Å². The summed E-state index contributed by atoms with van der Waals surface area (Å²) in [6.07, 6.45) is 3.57. The highest BCUT2D eigenvalue weighted by atomic mass is 16.2. The van der Waals surface area contributed by atoms with E-state index in [9.17, 15) is 9.59 Å². The average Bonchev–Trinajstić information content (AvgIpc) is 2.54. The average molecular weight is 211 g/mol. The maximum Gasteiger partial charge on any atom is 0.230 e. The van der Waals surface area contributed by atoms with Crippen molar-refractivity contribution in [3.8, 4) is 0 Å². The molecule has 1 N–H and O–H groups in total. The molecule has 1 aliphatic heterocycles. The lowest BCUT2D eigenvalue weighted by atomic mass is 9.81. The van der Waals surface area contributed by atoms with Crippen molar-refractivity contribution in [2.45, 2.75) is 46.5 Å². The lowest BCUT2D eigenvalue weighted by molar-refractivity contribution is -0.126. The predicted molar refractivity (Wildman–Crippen MR) is 59.1 cm³/mol. The molecule has 0 radical (unpaired) electrons. The van der Waals surface area contributed by atoms with Crippen LogP contribution < -0.4 is 5.32 Å². The number of rotatable bonds is 5. The van der Waals surface area contributed by atoms with E-state index in [0.29, 0.717) is 18.3 Å². The Morgan fingerprint density at radius 3 is 2.40 bits per heavy atom. The summed E-state index contributed by atoms with van der Waals surface area (Å²) < 4.78 is 0. The molecule has 1 fully saturated rings. The fraction of sp³-hybridized carbons (Fsp3) is 0.833. The zero-order chi connectivity index (χ0) is 11.4. The van der Waals surface area contributed by atoms with Crippen LogP contribution in [0.2, 0.25) is 0 Å². The summed E-state index contributed by atoms with van der Waals surface area (Å²) in [5.74, 6) is 0.768. The first-order chi connectivity index (χ1) is 7.08. The van der Waals surface area contributed by atoms with Gasteiger partial charge in [0.05, 0.1) is 0 Å². The Labute approximate surface area is 91.6 Å². The minimum Gasteiger partial charge on any atom is -0.296 e. The van der Waals surface area contributed by atoms with E-state index in [2.05, 4.69) is 26.1 Å². The Balaban J connectivity index is 2.58. The van der Waals surface area contributed by atoms with Gasteiger partial charge in [-0.3, -0.25) is 14.9 Å². The van der Waals surface area contributed by atoms with Gasteiger partial charge in [0, 0.05) is 12.3 Å². The van der Waals surface area contributed by atoms with Crippen molar-refractivity contribution in [1.29, 1.82) is 0 Å². The quantitative estimate of drug-likeness (QED) is 0.708. The van der Waals surface area contributed by atoms with Crippen LogP contribution in [0.25, 0.3) is 0 Å². The Hall–Kier alpha value is -0.860.